The second kappa shape index (κ2) is 10.9. The standard InChI is InChI=1S/C23H24FN5O5/c1-34-23(33)28-18(5-2-3-7-20(25)30)21(31)27-19-6-4-10-29(22(19)32)13-16-12-14-11-15(24)8-9-17(14)26-16/h3-4,6-12,18,26H,2,5,13H2,1H3,(H2,25,30)(H,27,31)(H,28,33). The smallest absolute Gasteiger partial charge is 0.407 e. The van der Waals surface area contributed by atoms with Crippen molar-refractivity contribution in [2.45, 2.75) is 25.4 Å². The van der Waals surface area contributed by atoms with Crippen molar-refractivity contribution in [3.05, 3.63) is 76.6 Å². The molecule has 11 heteroatoms. The maximum atomic E-state index is 13.4. The molecule has 1 aromatic carbocycles. The van der Waals surface area contributed by atoms with Crippen LogP contribution in [0.15, 0.2) is 59.5 Å². The lowest BCUT2D eigenvalue weighted by atomic mass is 10.1. The number of aromatic nitrogens is 2. The Morgan fingerprint density at radius 2 is 2.06 bits per heavy atom. The Bertz CT molecular complexity index is 1300. The van der Waals surface area contributed by atoms with Gasteiger partial charge in [0.05, 0.1) is 13.7 Å². The van der Waals surface area contributed by atoms with Crippen molar-refractivity contribution in [2.24, 2.45) is 5.73 Å². The summed E-state index contributed by atoms with van der Waals surface area (Å²) < 4.78 is 19.4. The summed E-state index contributed by atoms with van der Waals surface area (Å²) in [5.74, 6) is -1.62. The number of rotatable bonds is 9. The van der Waals surface area contributed by atoms with E-state index in [1.54, 1.807) is 24.4 Å². The zero-order valence-electron chi connectivity index (χ0n) is 18.3. The molecule has 2 aromatic heterocycles. The predicted molar refractivity (Wildman–Crippen MR) is 124 cm³/mol. The van der Waals surface area contributed by atoms with Crippen LogP contribution in [0.5, 0.6) is 0 Å². The molecule has 0 bridgehead atoms. The molecular weight excluding hydrogens is 445 g/mol. The van der Waals surface area contributed by atoms with E-state index in [-0.39, 0.29) is 30.9 Å². The van der Waals surface area contributed by atoms with Gasteiger partial charge in [0.15, 0.2) is 0 Å². The van der Waals surface area contributed by atoms with Crippen molar-refractivity contribution >= 4 is 34.5 Å². The molecular formula is C23H24FN5O5. The van der Waals surface area contributed by atoms with E-state index in [4.69, 9.17) is 5.73 Å². The van der Waals surface area contributed by atoms with Crippen molar-refractivity contribution in [1.82, 2.24) is 14.9 Å². The molecule has 0 aliphatic rings. The number of allylic oxidation sites excluding steroid dienone is 1. The molecule has 5 N–H and O–H groups in total. The second-order valence-electron chi connectivity index (χ2n) is 7.44. The van der Waals surface area contributed by atoms with Crippen LogP contribution in [0.2, 0.25) is 0 Å². The van der Waals surface area contributed by atoms with Crippen molar-refractivity contribution < 1.29 is 23.5 Å². The number of hydrogen-bond acceptors (Lipinski definition) is 5. The van der Waals surface area contributed by atoms with E-state index in [9.17, 15) is 23.6 Å². The number of methoxy groups -OCH3 is 1. The largest absolute Gasteiger partial charge is 0.453 e. The van der Waals surface area contributed by atoms with Gasteiger partial charge in [0.1, 0.15) is 17.5 Å². The molecule has 178 valence electrons. The van der Waals surface area contributed by atoms with Crippen LogP contribution in [0.1, 0.15) is 18.5 Å². The summed E-state index contributed by atoms with van der Waals surface area (Å²) in [6.07, 6.45) is 3.77. The lowest BCUT2D eigenvalue weighted by molar-refractivity contribution is -0.118. The van der Waals surface area contributed by atoms with Gasteiger partial charge in [-0.3, -0.25) is 14.4 Å². The highest BCUT2D eigenvalue weighted by Crippen LogP contribution is 2.17. The summed E-state index contributed by atoms with van der Waals surface area (Å²) in [5.41, 5.74) is 5.99. The highest BCUT2D eigenvalue weighted by molar-refractivity contribution is 5.96. The fraction of sp³-hybridized carbons (Fsp3) is 0.217. The maximum Gasteiger partial charge on any atom is 0.407 e. The number of fused-ring (bicyclic) bond motifs is 1. The molecule has 0 saturated carbocycles. The van der Waals surface area contributed by atoms with E-state index in [0.29, 0.717) is 11.1 Å². The molecule has 1 unspecified atom stereocenters. The fourth-order valence-electron chi connectivity index (χ4n) is 3.34. The summed E-state index contributed by atoms with van der Waals surface area (Å²) in [7, 11) is 1.16. The number of carbonyl (C=O) groups is 3. The number of nitrogens with two attached hydrogens (primary N) is 1. The Hall–Kier alpha value is -4.41. The van der Waals surface area contributed by atoms with Gasteiger partial charge in [-0.05, 0) is 55.3 Å². The number of aromatic amines is 1. The number of ether oxygens (including phenoxy) is 1. The average Bonchev–Trinajstić information content (AvgIpc) is 3.19. The Kier molecular flexibility index (Phi) is 7.80. The van der Waals surface area contributed by atoms with Crippen molar-refractivity contribution in [3.8, 4) is 0 Å². The number of primary amides is 1. The van der Waals surface area contributed by atoms with Gasteiger partial charge in [-0.15, -0.1) is 0 Å². The zero-order valence-corrected chi connectivity index (χ0v) is 18.3. The number of hydrogen-bond donors (Lipinski definition) is 4. The van der Waals surface area contributed by atoms with Crippen molar-refractivity contribution in [1.29, 1.82) is 0 Å². The van der Waals surface area contributed by atoms with Crippen LogP contribution in [0.4, 0.5) is 14.9 Å². The van der Waals surface area contributed by atoms with E-state index < -0.39 is 29.5 Å². The quantitative estimate of drug-likeness (QED) is 0.354. The summed E-state index contributed by atoms with van der Waals surface area (Å²) in [4.78, 5) is 51.3. The minimum absolute atomic E-state index is 0.0130. The number of carbonyl (C=O) groups excluding carboxylic acids is 3. The molecule has 3 amide bonds. The molecule has 34 heavy (non-hydrogen) atoms. The summed E-state index contributed by atoms with van der Waals surface area (Å²) in [6.45, 7) is 0.167. The van der Waals surface area contributed by atoms with E-state index in [1.165, 1.54) is 28.8 Å². The lowest BCUT2D eigenvalue weighted by Gasteiger charge is -2.17. The van der Waals surface area contributed by atoms with Crippen LogP contribution in [-0.4, -0.2) is 40.6 Å². The topological polar surface area (TPSA) is 148 Å². The molecule has 10 nitrogen and oxygen atoms in total. The Labute approximate surface area is 193 Å². The van der Waals surface area contributed by atoms with E-state index >= 15 is 0 Å². The first-order valence-electron chi connectivity index (χ1n) is 10.3. The molecule has 3 aromatic rings. The first-order valence-corrected chi connectivity index (χ1v) is 10.3. The molecule has 0 fully saturated rings. The summed E-state index contributed by atoms with van der Waals surface area (Å²) in [5, 5.41) is 5.61. The third kappa shape index (κ3) is 6.31. The van der Waals surface area contributed by atoms with Crippen LogP contribution >= 0.6 is 0 Å². The van der Waals surface area contributed by atoms with Crippen molar-refractivity contribution in [2.75, 3.05) is 12.4 Å². The monoisotopic (exact) mass is 469 g/mol. The molecule has 0 spiro atoms. The first-order chi connectivity index (χ1) is 16.3. The second-order valence-corrected chi connectivity index (χ2v) is 7.44. The molecule has 0 saturated heterocycles. The Morgan fingerprint density at radius 1 is 1.26 bits per heavy atom. The lowest BCUT2D eigenvalue weighted by Crippen LogP contribution is -2.44. The number of anilines is 1. The van der Waals surface area contributed by atoms with Gasteiger partial charge in [-0.1, -0.05) is 6.08 Å². The van der Waals surface area contributed by atoms with Crippen molar-refractivity contribution in [3.63, 3.8) is 0 Å². The first kappa shape index (κ1) is 24.2. The summed E-state index contributed by atoms with van der Waals surface area (Å²) in [6, 6.07) is 8.10. The van der Waals surface area contributed by atoms with Gasteiger partial charge in [0.2, 0.25) is 11.8 Å². The number of amides is 3. The number of halogens is 1. The zero-order chi connectivity index (χ0) is 24.7. The Balaban J connectivity index is 1.75. The highest BCUT2D eigenvalue weighted by atomic mass is 19.1. The van der Waals surface area contributed by atoms with Gasteiger partial charge in [0, 0.05) is 22.8 Å². The van der Waals surface area contributed by atoms with Crippen LogP contribution in [-0.2, 0) is 20.9 Å². The number of alkyl carbamates (subject to hydrolysis) is 1. The number of pyridine rings is 1. The molecule has 0 aliphatic heterocycles. The number of nitrogens with zero attached hydrogens (tertiary/aromatic N) is 1. The minimum Gasteiger partial charge on any atom is -0.453 e. The number of benzene rings is 1. The van der Waals surface area contributed by atoms with Gasteiger partial charge in [0.25, 0.3) is 5.56 Å². The molecule has 1 atom stereocenters. The van der Waals surface area contributed by atoms with Gasteiger partial charge in [-0.25, -0.2) is 9.18 Å². The molecule has 0 radical (unpaired) electrons. The van der Waals surface area contributed by atoms with Crippen LogP contribution in [0.3, 0.4) is 0 Å². The van der Waals surface area contributed by atoms with Crippen LogP contribution < -0.4 is 21.9 Å². The van der Waals surface area contributed by atoms with Gasteiger partial charge >= 0.3 is 6.09 Å². The van der Waals surface area contributed by atoms with E-state index in [1.807, 2.05) is 0 Å². The SMILES string of the molecule is COC(=O)NC(CCC=CC(N)=O)C(=O)Nc1cccn(Cc2cc3cc(F)ccc3[nH]2)c1=O. The van der Waals surface area contributed by atoms with Crippen LogP contribution in [0, 0.1) is 5.82 Å². The molecule has 2 heterocycles. The summed E-state index contributed by atoms with van der Waals surface area (Å²) >= 11 is 0. The molecule has 3 rings (SSSR count). The number of H-pyrrole nitrogens is 1. The van der Waals surface area contributed by atoms with E-state index in [0.717, 1.165) is 18.7 Å². The van der Waals surface area contributed by atoms with Gasteiger partial charge < -0.3 is 30.7 Å². The van der Waals surface area contributed by atoms with Crippen LogP contribution in [0.25, 0.3) is 10.9 Å². The number of nitrogens with one attached hydrogen (secondary N) is 3. The Morgan fingerprint density at radius 3 is 2.79 bits per heavy atom. The maximum absolute atomic E-state index is 13.4. The molecule has 0 aliphatic carbocycles. The normalized spacial score (nSPS) is 11.9. The highest BCUT2D eigenvalue weighted by Gasteiger charge is 2.21. The third-order valence-corrected chi connectivity index (χ3v) is 4.96. The van der Waals surface area contributed by atoms with E-state index in [2.05, 4.69) is 20.4 Å². The predicted octanol–water partition coefficient (Wildman–Crippen LogP) is 2.00. The van der Waals surface area contributed by atoms with Gasteiger partial charge in [-0.2, -0.15) is 0 Å². The fourth-order valence-corrected chi connectivity index (χ4v) is 3.34. The third-order valence-electron chi connectivity index (χ3n) is 4.96. The average molecular weight is 469 g/mol. The minimum atomic E-state index is -1.03.